The monoisotopic (exact) mass is 476 g/mol. The molecule has 3 aliphatic rings. The average Bonchev–Trinajstić information content (AvgIpc) is 3.60. The molecule has 3 heterocycles. The number of carbonyl (C=O) groups is 2. The van der Waals surface area contributed by atoms with Gasteiger partial charge in [0.15, 0.2) is 0 Å². The SMILES string of the molecule is COc1ccc([C@H]2CC(c3ccccc3)=NN2C(=O)CN2CCN(C(=O)[C@@H]3CCCO3)CC2)cc1. The smallest absolute Gasteiger partial charge is 0.257 e. The Morgan fingerprint density at radius 2 is 1.77 bits per heavy atom. The fraction of sp³-hybridized carbons (Fsp3) is 0.444. The predicted molar refractivity (Wildman–Crippen MR) is 132 cm³/mol. The van der Waals surface area contributed by atoms with Crippen molar-refractivity contribution < 1.29 is 19.1 Å². The van der Waals surface area contributed by atoms with E-state index in [0.717, 1.165) is 35.4 Å². The first kappa shape index (κ1) is 23.5. The number of ether oxygens (including phenoxy) is 2. The van der Waals surface area contributed by atoms with E-state index in [2.05, 4.69) is 4.90 Å². The Hall–Kier alpha value is -3.23. The summed E-state index contributed by atoms with van der Waals surface area (Å²) >= 11 is 0. The fourth-order valence-corrected chi connectivity index (χ4v) is 5.00. The number of hydrogen-bond acceptors (Lipinski definition) is 6. The molecule has 0 aromatic heterocycles. The van der Waals surface area contributed by atoms with Gasteiger partial charge in [0.25, 0.3) is 11.8 Å². The van der Waals surface area contributed by atoms with Gasteiger partial charge in [-0.3, -0.25) is 14.5 Å². The van der Waals surface area contributed by atoms with Gasteiger partial charge >= 0.3 is 0 Å². The minimum absolute atomic E-state index is 0.0318. The third-order valence-corrected chi connectivity index (χ3v) is 7.02. The summed E-state index contributed by atoms with van der Waals surface area (Å²) in [6, 6.07) is 17.7. The molecule has 2 fully saturated rings. The third-order valence-electron chi connectivity index (χ3n) is 7.02. The molecular weight excluding hydrogens is 444 g/mol. The van der Waals surface area contributed by atoms with Crippen LogP contribution < -0.4 is 4.74 Å². The molecule has 2 amide bonds. The molecule has 0 N–H and O–H groups in total. The van der Waals surface area contributed by atoms with Crippen LogP contribution in [0.5, 0.6) is 5.75 Å². The third kappa shape index (κ3) is 5.23. The summed E-state index contributed by atoms with van der Waals surface area (Å²) < 4.78 is 10.9. The van der Waals surface area contributed by atoms with Crippen molar-refractivity contribution in [3.8, 4) is 5.75 Å². The first-order chi connectivity index (χ1) is 17.1. The van der Waals surface area contributed by atoms with Crippen molar-refractivity contribution >= 4 is 17.5 Å². The summed E-state index contributed by atoms with van der Waals surface area (Å²) in [5.41, 5.74) is 2.97. The van der Waals surface area contributed by atoms with Gasteiger partial charge in [-0.15, -0.1) is 0 Å². The molecule has 0 radical (unpaired) electrons. The Labute approximate surface area is 206 Å². The van der Waals surface area contributed by atoms with Crippen LogP contribution in [0.1, 0.15) is 36.4 Å². The number of hydrazone groups is 1. The molecule has 2 saturated heterocycles. The number of piperazine rings is 1. The minimum atomic E-state index is -0.288. The summed E-state index contributed by atoms with van der Waals surface area (Å²) in [5.74, 6) is 0.838. The standard InChI is InChI=1S/C27H32N4O4/c1-34-22-11-9-21(10-12-22)24-18-23(20-6-3-2-4-7-20)28-31(24)26(32)19-29-13-15-30(16-14-29)27(33)25-8-5-17-35-25/h2-4,6-7,9-12,24-25H,5,8,13-19H2,1H3/t24-,25+/m1/s1. The quantitative estimate of drug-likeness (QED) is 0.641. The van der Waals surface area contributed by atoms with Gasteiger partial charge in [0.05, 0.1) is 25.4 Å². The molecule has 184 valence electrons. The van der Waals surface area contributed by atoms with Crippen molar-refractivity contribution in [3.63, 3.8) is 0 Å². The largest absolute Gasteiger partial charge is 0.497 e. The lowest BCUT2D eigenvalue weighted by Crippen LogP contribution is -2.53. The molecule has 35 heavy (non-hydrogen) atoms. The molecule has 8 nitrogen and oxygen atoms in total. The second-order valence-electron chi connectivity index (χ2n) is 9.25. The molecule has 0 aliphatic carbocycles. The highest BCUT2D eigenvalue weighted by Crippen LogP contribution is 2.33. The van der Waals surface area contributed by atoms with E-state index in [1.54, 1.807) is 12.1 Å². The number of rotatable bonds is 6. The Kier molecular flexibility index (Phi) is 7.11. The summed E-state index contributed by atoms with van der Waals surface area (Å²) in [5, 5.41) is 6.43. The average molecular weight is 477 g/mol. The highest BCUT2D eigenvalue weighted by Gasteiger charge is 2.35. The van der Waals surface area contributed by atoms with E-state index in [-0.39, 0.29) is 30.5 Å². The van der Waals surface area contributed by atoms with Gasteiger partial charge in [0.1, 0.15) is 11.9 Å². The number of benzene rings is 2. The molecular formula is C27H32N4O4. The lowest BCUT2D eigenvalue weighted by molar-refractivity contribution is -0.143. The van der Waals surface area contributed by atoms with E-state index in [1.165, 1.54) is 0 Å². The summed E-state index contributed by atoms with van der Waals surface area (Å²) in [7, 11) is 1.64. The van der Waals surface area contributed by atoms with Crippen LogP contribution in [0.15, 0.2) is 59.7 Å². The van der Waals surface area contributed by atoms with Crippen LogP contribution in [-0.4, -0.2) is 84.9 Å². The molecule has 0 bridgehead atoms. The maximum atomic E-state index is 13.5. The summed E-state index contributed by atoms with van der Waals surface area (Å²) in [4.78, 5) is 30.1. The maximum absolute atomic E-state index is 13.5. The second-order valence-corrected chi connectivity index (χ2v) is 9.25. The molecule has 3 aliphatic heterocycles. The van der Waals surface area contributed by atoms with Crippen molar-refractivity contribution in [2.45, 2.75) is 31.4 Å². The zero-order valence-corrected chi connectivity index (χ0v) is 20.1. The van der Waals surface area contributed by atoms with Crippen LogP contribution in [0.4, 0.5) is 0 Å². The number of amides is 2. The van der Waals surface area contributed by atoms with Gasteiger partial charge in [-0.1, -0.05) is 42.5 Å². The zero-order chi connectivity index (χ0) is 24.2. The van der Waals surface area contributed by atoms with Crippen molar-refractivity contribution in [1.82, 2.24) is 14.8 Å². The number of methoxy groups -OCH3 is 1. The van der Waals surface area contributed by atoms with Crippen LogP contribution in [0.3, 0.4) is 0 Å². The van der Waals surface area contributed by atoms with Crippen LogP contribution in [-0.2, 0) is 14.3 Å². The minimum Gasteiger partial charge on any atom is -0.497 e. The summed E-state index contributed by atoms with van der Waals surface area (Å²) in [6.07, 6.45) is 2.12. The normalized spacial score (nSPS) is 22.8. The molecule has 0 unspecified atom stereocenters. The zero-order valence-electron chi connectivity index (χ0n) is 20.1. The van der Waals surface area contributed by atoms with Crippen molar-refractivity contribution in [2.24, 2.45) is 5.10 Å². The fourth-order valence-electron chi connectivity index (χ4n) is 5.00. The highest BCUT2D eigenvalue weighted by atomic mass is 16.5. The Morgan fingerprint density at radius 3 is 2.43 bits per heavy atom. The molecule has 0 saturated carbocycles. The first-order valence-corrected chi connectivity index (χ1v) is 12.3. The van der Waals surface area contributed by atoms with Gasteiger partial charge in [0, 0.05) is 39.2 Å². The number of nitrogens with zero attached hydrogens (tertiary/aromatic N) is 4. The Bertz CT molecular complexity index is 1060. The lowest BCUT2D eigenvalue weighted by atomic mass is 9.98. The topological polar surface area (TPSA) is 74.7 Å². The summed E-state index contributed by atoms with van der Waals surface area (Å²) in [6.45, 7) is 3.52. The van der Waals surface area contributed by atoms with Crippen LogP contribution in [0, 0.1) is 0 Å². The van der Waals surface area contributed by atoms with E-state index >= 15 is 0 Å². The van der Waals surface area contributed by atoms with Gasteiger partial charge in [0.2, 0.25) is 0 Å². The van der Waals surface area contributed by atoms with Crippen LogP contribution in [0.2, 0.25) is 0 Å². The van der Waals surface area contributed by atoms with Gasteiger partial charge in [-0.25, -0.2) is 5.01 Å². The van der Waals surface area contributed by atoms with E-state index < -0.39 is 0 Å². The van der Waals surface area contributed by atoms with Crippen molar-refractivity contribution in [1.29, 1.82) is 0 Å². The van der Waals surface area contributed by atoms with Crippen LogP contribution >= 0.6 is 0 Å². The van der Waals surface area contributed by atoms with Crippen molar-refractivity contribution in [3.05, 3.63) is 65.7 Å². The van der Waals surface area contributed by atoms with Gasteiger partial charge in [-0.2, -0.15) is 5.10 Å². The number of hydrogen-bond donors (Lipinski definition) is 0. The molecule has 2 atom stereocenters. The first-order valence-electron chi connectivity index (χ1n) is 12.3. The van der Waals surface area contributed by atoms with E-state index in [1.807, 2.05) is 59.5 Å². The van der Waals surface area contributed by atoms with Crippen LogP contribution in [0.25, 0.3) is 0 Å². The van der Waals surface area contributed by atoms with E-state index in [9.17, 15) is 9.59 Å². The predicted octanol–water partition coefficient (Wildman–Crippen LogP) is 2.70. The Balaban J connectivity index is 1.26. The van der Waals surface area contributed by atoms with E-state index in [4.69, 9.17) is 14.6 Å². The molecule has 2 aromatic carbocycles. The molecule has 8 heteroatoms. The maximum Gasteiger partial charge on any atom is 0.257 e. The molecule has 0 spiro atoms. The molecule has 2 aromatic rings. The number of carbonyl (C=O) groups excluding carboxylic acids is 2. The van der Waals surface area contributed by atoms with Gasteiger partial charge in [-0.05, 0) is 36.1 Å². The molecule has 5 rings (SSSR count). The van der Waals surface area contributed by atoms with Gasteiger partial charge < -0.3 is 14.4 Å². The highest BCUT2D eigenvalue weighted by molar-refractivity contribution is 6.03. The second kappa shape index (κ2) is 10.6. The lowest BCUT2D eigenvalue weighted by Gasteiger charge is -2.36. The van der Waals surface area contributed by atoms with Crippen molar-refractivity contribution in [2.75, 3.05) is 46.4 Å². The van der Waals surface area contributed by atoms with E-state index in [0.29, 0.717) is 39.2 Å². The Morgan fingerprint density at radius 1 is 1.03 bits per heavy atom.